The molecule has 3 aromatic carbocycles. The van der Waals surface area contributed by atoms with E-state index in [9.17, 15) is 9.00 Å². The van der Waals surface area contributed by atoms with Crippen molar-refractivity contribution in [3.63, 3.8) is 0 Å². The van der Waals surface area contributed by atoms with E-state index < -0.39 is 11.0 Å². The highest BCUT2D eigenvalue weighted by Crippen LogP contribution is 2.32. The Bertz CT molecular complexity index is 1180. The second kappa shape index (κ2) is 8.83. The molecule has 0 spiro atoms. The first-order valence-corrected chi connectivity index (χ1v) is 11.9. The number of nitrogens with one attached hydrogen (secondary N) is 2. The zero-order valence-electron chi connectivity index (χ0n) is 17.7. The Hall–Kier alpha value is -2.67. The summed E-state index contributed by atoms with van der Waals surface area (Å²) in [4.78, 5) is 13.0. The molecule has 31 heavy (non-hydrogen) atoms. The largest absolute Gasteiger partial charge is 0.305 e. The van der Waals surface area contributed by atoms with Gasteiger partial charge in [-0.15, -0.1) is 0 Å². The summed E-state index contributed by atoms with van der Waals surface area (Å²) < 4.78 is 14.6. The summed E-state index contributed by atoms with van der Waals surface area (Å²) in [6.07, 6.45) is 1.61. The van der Waals surface area contributed by atoms with Crippen LogP contribution in [0.15, 0.2) is 54.6 Å². The molecule has 160 valence electrons. The van der Waals surface area contributed by atoms with Crippen LogP contribution in [0, 0.1) is 13.8 Å². The molecule has 0 saturated carbocycles. The number of amides is 1. The molecule has 4 rings (SSSR count). The standard InChI is InChI=1S/C24H24ClN3O2S/c1-15-4-7-18(12-22(15)27-31(3)30)19-10-16(2)23-20(11-19)14-28(24(23)29)26-13-17-5-8-21(25)9-6-17/h4-12,26-27H,13-14H2,1-3H3. The number of hydrazine groups is 1. The third-order valence-corrected chi connectivity index (χ3v) is 6.18. The first-order chi connectivity index (χ1) is 14.8. The SMILES string of the molecule is Cc1ccc(-c2cc(C)c3c(c2)CN(NCc2ccc(Cl)cc2)C3=O)cc1NS(C)=O. The molecule has 7 heteroatoms. The van der Waals surface area contributed by atoms with E-state index in [0.717, 1.165) is 44.6 Å². The van der Waals surface area contributed by atoms with Gasteiger partial charge in [-0.25, -0.2) is 9.63 Å². The molecule has 1 aliphatic heterocycles. The van der Waals surface area contributed by atoms with Crippen LogP contribution in [-0.4, -0.2) is 21.4 Å². The molecule has 1 unspecified atom stereocenters. The molecule has 0 aliphatic carbocycles. The highest BCUT2D eigenvalue weighted by atomic mass is 35.5. The second-order valence-corrected chi connectivity index (χ2v) is 9.31. The van der Waals surface area contributed by atoms with Crippen LogP contribution in [0.5, 0.6) is 0 Å². The van der Waals surface area contributed by atoms with Crippen molar-refractivity contribution >= 4 is 34.2 Å². The number of hydrogen-bond donors (Lipinski definition) is 2. The molecular formula is C24H24ClN3O2S. The average Bonchev–Trinajstić information content (AvgIpc) is 3.05. The third kappa shape index (κ3) is 4.66. The minimum absolute atomic E-state index is 0.0133. The highest BCUT2D eigenvalue weighted by Gasteiger charge is 2.29. The predicted molar refractivity (Wildman–Crippen MR) is 127 cm³/mol. The zero-order valence-corrected chi connectivity index (χ0v) is 19.2. The number of carbonyl (C=O) groups excluding carboxylic acids is 1. The summed E-state index contributed by atoms with van der Waals surface area (Å²) in [6, 6.07) is 17.7. The molecule has 0 aromatic heterocycles. The van der Waals surface area contributed by atoms with E-state index in [1.165, 1.54) is 0 Å². The first kappa shape index (κ1) is 21.6. The topological polar surface area (TPSA) is 61.4 Å². The number of nitrogens with zero attached hydrogens (tertiary/aromatic N) is 1. The minimum atomic E-state index is -1.14. The fraction of sp³-hybridized carbons (Fsp3) is 0.208. The van der Waals surface area contributed by atoms with Crippen LogP contribution in [-0.2, 0) is 24.1 Å². The molecular weight excluding hydrogens is 430 g/mol. The van der Waals surface area contributed by atoms with E-state index in [2.05, 4.69) is 16.2 Å². The molecule has 0 bridgehead atoms. The zero-order chi connectivity index (χ0) is 22.1. The van der Waals surface area contributed by atoms with Gasteiger partial charge in [0.2, 0.25) is 0 Å². The summed E-state index contributed by atoms with van der Waals surface area (Å²) in [5.41, 5.74) is 10.9. The Morgan fingerprint density at radius 3 is 2.45 bits per heavy atom. The lowest BCUT2D eigenvalue weighted by Crippen LogP contribution is -2.37. The van der Waals surface area contributed by atoms with E-state index in [-0.39, 0.29) is 5.91 Å². The molecule has 0 saturated heterocycles. The predicted octanol–water partition coefficient (Wildman–Crippen LogP) is 4.99. The number of aryl methyl sites for hydroxylation is 2. The van der Waals surface area contributed by atoms with Crippen LogP contribution in [0.3, 0.4) is 0 Å². The normalized spacial score (nSPS) is 13.9. The van der Waals surface area contributed by atoms with Gasteiger partial charge in [-0.3, -0.25) is 9.80 Å². The van der Waals surface area contributed by atoms with Gasteiger partial charge >= 0.3 is 0 Å². The number of carbonyl (C=O) groups is 1. The summed E-state index contributed by atoms with van der Waals surface area (Å²) in [7, 11) is -1.14. The number of benzene rings is 3. The highest BCUT2D eigenvalue weighted by molar-refractivity contribution is 7.85. The van der Waals surface area contributed by atoms with Crippen LogP contribution in [0.25, 0.3) is 11.1 Å². The van der Waals surface area contributed by atoms with Crippen LogP contribution in [0.2, 0.25) is 5.02 Å². The maximum absolute atomic E-state index is 13.0. The van der Waals surface area contributed by atoms with E-state index in [1.807, 2.05) is 62.4 Å². The Labute approximate surface area is 190 Å². The van der Waals surface area contributed by atoms with Crippen molar-refractivity contribution in [2.45, 2.75) is 26.9 Å². The second-order valence-electron chi connectivity index (χ2n) is 7.77. The van der Waals surface area contributed by atoms with Crippen molar-refractivity contribution in [1.29, 1.82) is 0 Å². The molecule has 5 nitrogen and oxygen atoms in total. The van der Waals surface area contributed by atoms with Crippen LogP contribution in [0.4, 0.5) is 5.69 Å². The lowest BCUT2D eigenvalue weighted by Gasteiger charge is -2.17. The van der Waals surface area contributed by atoms with Gasteiger partial charge < -0.3 is 4.72 Å². The quantitative estimate of drug-likeness (QED) is 0.552. The fourth-order valence-corrected chi connectivity index (χ4v) is 4.47. The Morgan fingerprint density at radius 2 is 1.74 bits per heavy atom. The van der Waals surface area contributed by atoms with Gasteiger partial charge in [-0.2, -0.15) is 0 Å². The van der Waals surface area contributed by atoms with Crippen molar-refractivity contribution in [3.05, 3.63) is 87.4 Å². The molecule has 3 aromatic rings. The van der Waals surface area contributed by atoms with Crippen molar-refractivity contribution in [2.75, 3.05) is 11.0 Å². The van der Waals surface area contributed by atoms with E-state index in [4.69, 9.17) is 11.6 Å². The lowest BCUT2D eigenvalue weighted by atomic mass is 9.95. The number of halogens is 1. The van der Waals surface area contributed by atoms with Gasteiger partial charge in [-0.1, -0.05) is 41.9 Å². The molecule has 1 atom stereocenters. The minimum Gasteiger partial charge on any atom is -0.305 e. The number of rotatable bonds is 6. The smallest absolute Gasteiger partial charge is 0.268 e. The van der Waals surface area contributed by atoms with Gasteiger partial charge in [0.05, 0.1) is 6.54 Å². The van der Waals surface area contributed by atoms with Crippen molar-refractivity contribution in [1.82, 2.24) is 10.4 Å². The Morgan fingerprint density at radius 1 is 1.00 bits per heavy atom. The van der Waals surface area contributed by atoms with Gasteiger partial charge in [0, 0.05) is 29.1 Å². The van der Waals surface area contributed by atoms with E-state index in [1.54, 1.807) is 11.3 Å². The summed E-state index contributed by atoms with van der Waals surface area (Å²) in [6.45, 7) is 5.00. The number of anilines is 1. The van der Waals surface area contributed by atoms with E-state index >= 15 is 0 Å². The van der Waals surface area contributed by atoms with Crippen LogP contribution >= 0.6 is 11.6 Å². The summed E-state index contributed by atoms with van der Waals surface area (Å²) >= 11 is 5.94. The Kier molecular flexibility index (Phi) is 6.14. The third-order valence-electron chi connectivity index (χ3n) is 5.42. The molecule has 1 amide bonds. The van der Waals surface area contributed by atoms with Gasteiger partial charge in [0.1, 0.15) is 11.0 Å². The van der Waals surface area contributed by atoms with Crippen molar-refractivity contribution in [2.24, 2.45) is 0 Å². The Balaban J connectivity index is 1.57. The van der Waals surface area contributed by atoms with Crippen LogP contribution < -0.4 is 10.1 Å². The molecule has 2 N–H and O–H groups in total. The monoisotopic (exact) mass is 453 g/mol. The fourth-order valence-electron chi connectivity index (χ4n) is 3.82. The summed E-state index contributed by atoms with van der Waals surface area (Å²) in [5, 5.41) is 2.36. The van der Waals surface area contributed by atoms with Crippen molar-refractivity contribution in [3.8, 4) is 11.1 Å². The van der Waals surface area contributed by atoms with Gasteiger partial charge in [0.15, 0.2) is 0 Å². The number of fused-ring (bicyclic) bond motifs is 1. The molecule has 1 aliphatic rings. The lowest BCUT2D eigenvalue weighted by molar-refractivity contribution is 0.0678. The van der Waals surface area contributed by atoms with Crippen molar-refractivity contribution < 1.29 is 9.00 Å². The maximum atomic E-state index is 13.0. The first-order valence-electron chi connectivity index (χ1n) is 9.96. The molecule has 0 fully saturated rings. The average molecular weight is 454 g/mol. The summed E-state index contributed by atoms with van der Waals surface area (Å²) in [5.74, 6) is -0.0133. The van der Waals surface area contributed by atoms with E-state index in [0.29, 0.717) is 18.1 Å². The van der Waals surface area contributed by atoms with Gasteiger partial charge in [0.25, 0.3) is 5.91 Å². The number of hydrogen-bond acceptors (Lipinski definition) is 3. The van der Waals surface area contributed by atoms with Crippen LogP contribution in [0.1, 0.15) is 32.6 Å². The molecule has 1 heterocycles. The molecule has 0 radical (unpaired) electrons. The maximum Gasteiger partial charge on any atom is 0.268 e. The van der Waals surface area contributed by atoms with Gasteiger partial charge in [-0.05, 0) is 71.5 Å².